The van der Waals surface area contributed by atoms with Crippen LogP contribution in [0.2, 0.25) is 0 Å². The van der Waals surface area contributed by atoms with E-state index in [1.165, 1.54) is 0 Å². The maximum absolute atomic E-state index is 10.5. The summed E-state index contributed by atoms with van der Waals surface area (Å²) in [6.45, 7) is 3.60. The zero-order valence-corrected chi connectivity index (χ0v) is 4.97. The molecule has 2 heteroatoms. The summed E-state index contributed by atoms with van der Waals surface area (Å²) in [6.07, 6.45) is 1.81. The van der Waals surface area contributed by atoms with Crippen LogP contribution in [0.25, 0.3) is 0 Å². The highest BCUT2D eigenvalue weighted by atomic mass is 16.5. The largest absolute Gasteiger partial charge is 0.431 e. The lowest BCUT2D eigenvalue weighted by atomic mass is 10.2. The molecule has 0 aromatic rings. The van der Waals surface area contributed by atoms with Gasteiger partial charge in [0.2, 0.25) is 0 Å². The fourth-order valence-electron chi connectivity index (χ4n) is 0.706. The number of hydrogen-bond acceptors (Lipinski definition) is 2. The predicted molar refractivity (Wildman–Crippen MR) is 29.0 cm³/mol. The summed E-state index contributed by atoms with van der Waals surface area (Å²) < 4.78 is 4.70. The van der Waals surface area contributed by atoms with Crippen LogP contribution in [0.3, 0.4) is 0 Å². The van der Waals surface area contributed by atoms with Crippen molar-refractivity contribution in [1.29, 1.82) is 0 Å². The topological polar surface area (TPSA) is 26.3 Å². The lowest BCUT2D eigenvalue weighted by Crippen LogP contribution is -2.02. The molecule has 0 saturated heterocycles. The Balaban J connectivity index is 2.69. The van der Waals surface area contributed by atoms with E-state index >= 15 is 0 Å². The smallest absolute Gasteiger partial charge is 0.317 e. The van der Waals surface area contributed by atoms with Crippen molar-refractivity contribution in [3.8, 4) is 0 Å². The van der Waals surface area contributed by atoms with Crippen molar-refractivity contribution in [3.05, 3.63) is 11.8 Å². The molecule has 1 aliphatic rings. The second-order valence-corrected chi connectivity index (χ2v) is 1.99. The van der Waals surface area contributed by atoms with Crippen LogP contribution in [0.5, 0.6) is 0 Å². The van der Waals surface area contributed by atoms with Crippen molar-refractivity contribution in [2.45, 2.75) is 13.8 Å². The number of carbonyl (C=O) groups is 1. The predicted octanol–water partition coefficient (Wildman–Crippen LogP) is 1.08. The first-order valence-electron chi connectivity index (χ1n) is 2.60. The van der Waals surface area contributed by atoms with Crippen LogP contribution in [0.1, 0.15) is 13.8 Å². The van der Waals surface area contributed by atoms with Crippen LogP contribution < -0.4 is 0 Å². The van der Waals surface area contributed by atoms with Gasteiger partial charge in [0.25, 0.3) is 0 Å². The molecule has 0 bridgehead atoms. The molecule has 0 aliphatic carbocycles. The first-order chi connectivity index (χ1) is 3.70. The van der Waals surface area contributed by atoms with E-state index in [1.807, 2.05) is 13.0 Å². The molecule has 1 aliphatic heterocycles. The van der Waals surface area contributed by atoms with Crippen LogP contribution >= 0.6 is 0 Å². The zero-order chi connectivity index (χ0) is 6.15. The lowest BCUT2D eigenvalue weighted by molar-refractivity contribution is -0.139. The number of allylic oxidation sites excluding steroid dienone is 1. The third kappa shape index (κ3) is 0.735. The minimum Gasteiger partial charge on any atom is -0.431 e. The lowest BCUT2D eigenvalue weighted by Gasteiger charge is -1.91. The van der Waals surface area contributed by atoms with Gasteiger partial charge in [0, 0.05) is 0 Å². The first-order valence-corrected chi connectivity index (χ1v) is 2.60. The number of carbonyl (C=O) groups excluding carboxylic acids is 1. The van der Waals surface area contributed by atoms with Gasteiger partial charge in [0.15, 0.2) is 0 Å². The van der Waals surface area contributed by atoms with Gasteiger partial charge >= 0.3 is 5.97 Å². The third-order valence-corrected chi connectivity index (χ3v) is 1.12. The van der Waals surface area contributed by atoms with Gasteiger partial charge in [-0.2, -0.15) is 0 Å². The van der Waals surface area contributed by atoms with Crippen molar-refractivity contribution in [2.75, 3.05) is 0 Å². The second-order valence-electron chi connectivity index (χ2n) is 1.99. The Kier molecular flexibility index (Phi) is 1.08. The highest BCUT2D eigenvalue weighted by Crippen LogP contribution is 2.15. The summed E-state index contributed by atoms with van der Waals surface area (Å²) >= 11 is 0. The quantitative estimate of drug-likeness (QED) is 0.438. The molecule has 1 heterocycles. The standard InChI is InChI=1S/C6H8O2/c1-4-3-5(2)8-6(4)7/h3-4H,1-2H3. The summed E-state index contributed by atoms with van der Waals surface area (Å²) in [7, 11) is 0. The normalized spacial score (nSPS) is 27.5. The first kappa shape index (κ1) is 5.35. The molecule has 0 amide bonds. The van der Waals surface area contributed by atoms with Gasteiger partial charge < -0.3 is 4.74 Å². The maximum Gasteiger partial charge on any atom is 0.317 e. The average molecular weight is 112 g/mol. The van der Waals surface area contributed by atoms with E-state index in [1.54, 1.807) is 6.92 Å². The fraction of sp³-hybridized carbons (Fsp3) is 0.500. The van der Waals surface area contributed by atoms with Crippen LogP contribution in [-0.4, -0.2) is 5.97 Å². The van der Waals surface area contributed by atoms with Gasteiger partial charge in [-0.05, 0) is 19.9 Å². The Morgan fingerprint density at radius 2 is 2.38 bits per heavy atom. The van der Waals surface area contributed by atoms with Gasteiger partial charge in [0.1, 0.15) is 5.76 Å². The maximum atomic E-state index is 10.5. The molecule has 0 radical (unpaired) electrons. The molecule has 44 valence electrons. The van der Waals surface area contributed by atoms with Crippen molar-refractivity contribution < 1.29 is 9.53 Å². The van der Waals surface area contributed by atoms with E-state index in [4.69, 9.17) is 4.74 Å². The van der Waals surface area contributed by atoms with E-state index in [-0.39, 0.29) is 11.9 Å². The minimum absolute atomic E-state index is 0.0324. The fourth-order valence-corrected chi connectivity index (χ4v) is 0.706. The summed E-state index contributed by atoms with van der Waals surface area (Å²) in [5.74, 6) is 0.556. The highest BCUT2D eigenvalue weighted by molar-refractivity contribution is 5.77. The molecule has 0 N–H and O–H groups in total. The molecule has 1 unspecified atom stereocenters. The van der Waals surface area contributed by atoms with E-state index in [9.17, 15) is 4.79 Å². The Morgan fingerprint density at radius 3 is 2.50 bits per heavy atom. The molecular formula is C6H8O2. The number of cyclic esters (lactones) is 1. The summed E-state index contributed by atoms with van der Waals surface area (Å²) in [6, 6.07) is 0. The van der Waals surface area contributed by atoms with Crippen molar-refractivity contribution in [2.24, 2.45) is 5.92 Å². The summed E-state index contributed by atoms with van der Waals surface area (Å²) in [4.78, 5) is 10.5. The zero-order valence-electron chi connectivity index (χ0n) is 4.97. The molecule has 1 atom stereocenters. The Morgan fingerprint density at radius 1 is 1.75 bits per heavy atom. The van der Waals surface area contributed by atoms with Crippen molar-refractivity contribution in [1.82, 2.24) is 0 Å². The number of rotatable bonds is 0. The van der Waals surface area contributed by atoms with E-state index < -0.39 is 0 Å². The van der Waals surface area contributed by atoms with Crippen molar-refractivity contribution in [3.63, 3.8) is 0 Å². The molecule has 0 fully saturated rings. The average Bonchev–Trinajstić information content (AvgIpc) is 1.85. The molecule has 0 aromatic heterocycles. The summed E-state index contributed by atoms with van der Waals surface area (Å²) in [5, 5.41) is 0. The van der Waals surface area contributed by atoms with Crippen LogP contribution in [0.15, 0.2) is 11.8 Å². The van der Waals surface area contributed by atoms with Crippen molar-refractivity contribution >= 4 is 5.97 Å². The molecule has 0 aromatic carbocycles. The van der Waals surface area contributed by atoms with E-state index in [2.05, 4.69) is 0 Å². The molecule has 2 nitrogen and oxygen atoms in total. The highest BCUT2D eigenvalue weighted by Gasteiger charge is 2.19. The Hall–Kier alpha value is -0.790. The van der Waals surface area contributed by atoms with E-state index in [0.717, 1.165) is 5.76 Å². The molecule has 1 rings (SSSR count). The van der Waals surface area contributed by atoms with Crippen LogP contribution in [0, 0.1) is 5.92 Å². The van der Waals surface area contributed by atoms with Gasteiger partial charge in [-0.1, -0.05) is 0 Å². The molecular weight excluding hydrogens is 104 g/mol. The van der Waals surface area contributed by atoms with Crippen LogP contribution in [-0.2, 0) is 9.53 Å². The number of esters is 1. The SMILES string of the molecule is CC1=CC(C)C(=O)O1. The molecule has 0 spiro atoms. The molecule has 0 saturated carbocycles. The Bertz CT molecular complexity index is 147. The third-order valence-electron chi connectivity index (χ3n) is 1.12. The molecule has 8 heavy (non-hydrogen) atoms. The number of hydrogen-bond donors (Lipinski definition) is 0. The van der Waals surface area contributed by atoms with Gasteiger partial charge in [-0.3, -0.25) is 4.79 Å². The van der Waals surface area contributed by atoms with E-state index in [0.29, 0.717) is 0 Å². The van der Waals surface area contributed by atoms with Gasteiger partial charge in [-0.25, -0.2) is 0 Å². The monoisotopic (exact) mass is 112 g/mol. The second kappa shape index (κ2) is 1.62. The van der Waals surface area contributed by atoms with Gasteiger partial charge in [-0.15, -0.1) is 0 Å². The minimum atomic E-state index is -0.137. The number of ether oxygens (including phenoxy) is 1. The van der Waals surface area contributed by atoms with Crippen LogP contribution in [0.4, 0.5) is 0 Å². The van der Waals surface area contributed by atoms with Gasteiger partial charge in [0.05, 0.1) is 5.92 Å². The Labute approximate surface area is 48.1 Å². The summed E-state index contributed by atoms with van der Waals surface area (Å²) in [5.41, 5.74) is 0.